The number of aromatic amines is 1. The number of aliphatic carboxylic acids is 1. The molecule has 1 saturated heterocycles. The van der Waals surface area contributed by atoms with E-state index in [1.807, 2.05) is 0 Å². The molecule has 0 aliphatic carbocycles. The van der Waals surface area contributed by atoms with Crippen LogP contribution in [0, 0.1) is 13.8 Å². The van der Waals surface area contributed by atoms with Crippen LogP contribution >= 0.6 is 0 Å². The van der Waals surface area contributed by atoms with E-state index in [9.17, 15) is 14.4 Å². The highest BCUT2D eigenvalue weighted by Gasteiger charge is 2.36. The third kappa shape index (κ3) is 2.21. The van der Waals surface area contributed by atoms with E-state index in [2.05, 4.69) is 4.98 Å². The lowest BCUT2D eigenvalue weighted by Crippen LogP contribution is -2.40. The Morgan fingerprint density at radius 2 is 1.95 bits per heavy atom. The number of hydrogen-bond donors (Lipinski definition) is 2. The topological polar surface area (TPSA) is 90.5 Å². The van der Waals surface area contributed by atoms with Gasteiger partial charge in [-0.2, -0.15) is 0 Å². The second-order valence-corrected chi connectivity index (χ2v) is 5.18. The van der Waals surface area contributed by atoms with Gasteiger partial charge in [0.05, 0.1) is 0 Å². The molecule has 2 rings (SSSR count). The number of nitrogens with zero attached hydrogens (tertiary/aromatic N) is 1. The van der Waals surface area contributed by atoms with Crippen molar-refractivity contribution in [1.82, 2.24) is 9.88 Å². The van der Waals surface area contributed by atoms with Gasteiger partial charge in [-0.05, 0) is 39.2 Å². The fourth-order valence-corrected chi connectivity index (χ4v) is 2.90. The number of aryl methyl sites for hydroxylation is 1. The van der Waals surface area contributed by atoms with E-state index in [4.69, 9.17) is 5.11 Å². The Morgan fingerprint density at radius 3 is 2.45 bits per heavy atom. The maximum Gasteiger partial charge on any atom is 0.326 e. The Bertz CT molecular complexity index is 588. The van der Waals surface area contributed by atoms with Crippen LogP contribution in [0.4, 0.5) is 0 Å². The predicted octanol–water partition coefficient (Wildman–Crippen LogP) is 1.52. The standard InChI is InChI=1S/C14H18N2O4/c1-7-11(9(3)17)8(2)15-12(7)13(18)16-6-4-5-10(16)14(19)20/h10,15H,4-6H2,1-3H3,(H,19,20)/t10-/m0/s1. The van der Waals surface area contributed by atoms with Crippen molar-refractivity contribution in [3.8, 4) is 0 Å². The maximum absolute atomic E-state index is 12.5. The Labute approximate surface area is 116 Å². The molecule has 1 atom stereocenters. The van der Waals surface area contributed by atoms with E-state index in [-0.39, 0.29) is 11.7 Å². The molecule has 20 heavy (non-hydrogen) atoms. The zero-order chi connectivity index (χ0) is 15.0. The minimum atomic E-state index is -0.983. The van der Waals surface area contributed by atoms with Crippen molar-refractivity contribution in [2.24, 2.45) is 0 Å². The highest BCUT2D eigenvalue weighted by molar-refractivity contribution is 6.03. The number of H-pyrrole nitrogens is 1. The average molecular weight is 278 g/mol. The summed E-state index contributed by atoms with van der Waals surface area (Å²) in [5.41, 5.74) is 2.07. The molecule has 0 spiro atoms. The first-order chi connectivity index (χ1) is 9.34. The van der Waals surface area contributed by atoms with Gasteiger partial charge in [0.1, 0.15) is 11.7 Å². The lowest BCUT2D eigenvalue weighted by atomic mass is 10.1. The number of amides is 1. The normalized spacial score (nSPS) is 18.4. The highest BCUT2D eigenvalue weighted by atomic mass is 16.4. The minimum Gasteiger partial charge on any atom is -0.480 e. The number of nitrogens with one attached hydrogen (secondary N) is 1. The molecule has 1 aromatic heterocycles. The number of carboxylic acid groups (broad SMARTS) is 1. The van der Waals surface area contributed by atoms with Crippen LogP contribution in [0.2, 0.25) is 0 Å². The molecule has 0 bridgehead atoms. The Morgan fingerprint density at radius 1 is 1.30 bits per heavy atom. The quantitative estimate of drug-likeness (QED) is 0.820. The number of carbonyl (C=O) groups excluding carboxylic acids is 2. The molecule has 108 valence electrons. The summed E-state index contributed by atoms with van der Waals surface area (Å²) >= 11 is 0. The molecule has 0 saturated carbocycles. The summed E-state index contributed by atoms with van der Waals surface area (Å²) in [6.45, 7) is 5.33. The molecule has 1 aliphatic rings. The molecule has 0 aromatic carbocycles. The fourth-order valence-electron chi connectivity index (χ4n) is 2.90. The number of ketones is 1. The summed E-state index contributed by atoms with van der Waals surface area (Å²) in [6.07, 6.45) is 1.15. The molecule has 1 fully saturated rings. The molecule has 1 aliphatic heterocycles. The third-order valence-electron chi connectivity index (χ3n) is 3.80. The van der Waals surface area contributed by atoms with Crippen LogP contribution in [-0.4, -0.2) is 45.2 Å². The van der Waals surface area contributed by atoms with Gasteiger partial charge in [-0.3, -0.25) is 9.59 Å². The van der Waals surface area contributed by atoms with Crippen molar-refractivity contribution < 1.29 is 19.5 Å². The zero-order valence-corrected chi connectivity index (χ0v) is 11.8. The monoisotopic (exact) mass is 278 g/mol. The second kappa shape index (κ2) is 5.11. The van der Waals surface area contributed by atoms with Gasteiger partial charge in [0.2, 0.25) is 0 Å². The summed E-state index contributed by atoms with van der Waals surface area (Å²) in [5.74, 6) is -1.43. The van der Waals surface area contributed by atoms with Gasteiger partial charge in [-0.25, -0.2) is 4.79 Å². The second-order valence-electron chi connectivity index (χ2n) is 5.18. The molecule has 6 heteroatoms. The first kappa shape index (κ1) is 14.3. The van der Waals surface area contributed by atoms with E-state index in [1.54, 1.807) is 13.8 Å². The van der Waals surface area contributed by atoms with Gasteiger partial charge < -0.3 is 15.0 Å². The summed E-state index contributed by atoms with van der Waals surface area (Å²) < 4.78 is 0. The number of rotatable bonds is 3. The number of Topliss-reactive ketones (excluding diaryl/α,β-unsaturated/α-hetero) is 1. The number of carboxylic acids is 1. The summed E-state index contributed by atoms with van der Waals surface area (Å²) in [6, 6.07) is -0.772. The average Bonchev–Trinajstić information content (AvgIpc) is 2.93. The van der Waals surface area contributed by atoms with Crippen LogP contribution in [0.15, 0.2) is 0 Å². The van der Waals surface area contributed by atoms with E-state index in [1.165, 1.54) is 11.8 Å². The number of hydrogen-bond acceptors (Lipinski definition) is 3. The van der Waals surface area contributed by atoms with E-state index in [0.717, 1.165) is 0 Å². The van der Waals surface area contributed by atoms with Crippen LogP contribution in [-0.2, 0) is 4.79 Å². The van der Waals surface area contributed by atoms with Crippen molar-refractivity contribution in [1.29, 1.82) is 0 Å². The molecule has 0 unspecified atom stereocenters. The van der Waals surface area contributed by atoms with Gasteiger partial charge in [-0.15, -0.1) is 0 Å². The first-order valence-electron chi connectivity index (χ1n) is 6.58. The molecule has 1 amide bonds. The Hall–Kier alpha value is -2.11. The van der Waals surface area contributed by atoms with E-state index >= 15 is 0 Å². The lowest BCUT2D eigenvalue weighted by molar-refractivity contribution is -0.141. The molecule has 2 N–H and O–H groups in total. The van der Waals surface area contributed by atoms with Crippen molar-refractivity contribution in [3.05, 3.63) is 22.5 Å². The molecular weight excluding hydrogens is 260 g/mol. The van der Waals surface area contributed by atoms with Crippen LogP contribution in [0.25, 0.3) is 0 Å². The third-order valence-corrected chi connectivity index (χ3v) is 3.80. The fraction of sp³-hybridized carbons (Fsp3) is 0.500. The lowest BCUT2D eigenvalue weighted by Gasteiger charge is -2.21. The van der Waals surface area contributed by atoms with Crippen LogP contribution < -0.4 is 0 Å². The smallest absolute Gasteiger partial charge is 0.326 e. The predicted molar refractivity (Wildman–Crippen MR) is 72.0 cm³/mol. The number of carbonyl (C=O) groups is 3. The molecular formula is C14H18N2O4. The maximum atomic E-state index is 12.5. The van der Waals surface area contributed by atoms with Gasteiger partial charge >= 0.3 is 5.97 Å². The van der Waals surface area contributed by atoms with Gasteiger partial charge in [0.15, 0.2) is 5.78 Å². The highest BCUT2D eigenvalue weighted by Crippen LogP contribution is 2.24. The molecule has 2 heterocycles. The van der Waals surface area contributed by atoms with E-state index < -0.39 is 12.0 Å². The zero-order valence-electron chi connectivity index (χ0n) is 11.8. The Balaban J connectivity index is 2.37. The van der Waals surface area contributed by atoms with Crippen molar-refractivity contribution in [2.45, 2.75) is 39.7 Å². The number of likely N-dealkylation sites (tertiary alicyclic amines) is 1. The van der Waals surface area contributed by atoms with Crippen molar-refractivity contribution >= 4 is 17.7 Å². The number of aromatic nitrogens is 1. The van der Waals surface area contributed by atoms with E-state index in [0.29, 0.717) is 41.9 Å². The molecule has 1 aromatic rings. The van der Waals surface area contributed by atoms with Crippen LogP contribution in [0.3, 0.4) is 0 Å². The van der Waals surface area contributed by atoms with Crippen LogP contribution in [0.5, 0.6) is 0 Å². The summed E-state index contributed by atoms with van der Waals surface area (Å²) in [4.78, 5) is 39.5. The van der Waals surface area contributed by atoms with Gasteiger partial charge in [-0.1, -0.05) is 0 Å². The molecule has 0 radical (unpaired) electrons. The SMILES string of the molecule is CC(=O)c1c(C)[nH]c(C(=O)N2CCC[C@H]2C(=O)O)c1C. The summed E-state index contributed by atoms with van der Waals surface area (Å²) in [5, 5.41) is 9.14. The van der Waals surface area contributed by atoms with Crippen molar-refractivity contribution in [2.75, 3.05) is 6.54 Å². The minimum absolute atomic E-state index is 0.105. The largest absolute Gasteiger partial charge is 0.480 e. The van der Waals surface area contributed by atoms with Gasteiger partial charge in [0, 0.05) is 17.8 Å². The first-order valence-corrected chi connectivity index (χ1v) is 6.58. The van der Waals surface area contributed by atoms with Gasteiger partial charge in [0.25, 0.3) is 5.91 Å². The molecule has 6 nitrogen and oxygen atoms in total. The van der Waals surface area contributed by atoms with Crippen molar-refractivity contribution in [3.63, 3.8) is 0 Å². The van der Waals surface area contributed by atoms with Crippen LogP contribution in [0.1, 0.15) is 51.9 Å². The Kier molecular flexibility index (Phi) is 3.65. The summed E-state index contributed by atoms with van der Waals surface area (Å²) in [7, 11) is 0.